The SMILES string of the molecule is COc1c(C)cnc(-c2nnc(-c3ccc(CC(=O)O)cc3)nn2)c1C. The average Bonchev–Trinajstić information content (AvgIpc) is 2.63. The molecule has 0 aliphatic heterocycles. The van der Waals surface area contributed by atoms with Crippen LogP contribution in [0.2, 0.25) is 0 Å². The minimum absolute atomic E-state index is 0.0310. The number of benzene rings is 1. The van der Waals surface area contributed by atoms with E-state index in [1.165, 1.54) is 0 Å². The second-order valence-electron chi connectivity index (χ2n) is 5.76. The molecular formula is C18H17N5O3. The lowest BCUT2D eigenvalue weighted by atomic mass is 10.1. The molecule has 0 spiro atoms. The van der Waals surface area contributed by atoms with Crippen molar-refractivity contribution in [2.75, 3.05) is 7.11 Å². The highest BCUT2D eigenvalue weighted by atomic mass is 16.5. The van der Waals surface area contributed by atoms with Crippen LogP contribution in [0.5, 0.6) is 5.75 Å². The minimum atomic E-state index is -0.877. The standard InChI is InChI=1S/C18H17N5O3/c1-10-9-19-15(11(2)16(10)26-3)18-22-20-17(21-23-18)13-6-4-12(5-7-13)8-14(24)25/h4-7,9H,8H2,1-3H3,(H,24,25). The number of pyridine rings is 1. The van der Waals surface area contributed by atoms with Crippen molar-refractivity contribution >= 4 is 5.97 Å². The fraction of sp³-hybridized carbons (Fsp3) is 0.222. The molecule has 0 radical (unpaired) electrons. The smallest absolute Gasteiger partial charge is 0.307 e. The summed E-state index contributed by atoms with van der Waals surface area (Å²) in [6, 6.07) is 6.93. The Balaban J connectivity index is 1.88. The molecule has 0 unspecified atom stereocenters. The molecule has 0 atom stereocenters. The van der Waals surface area contributed by atoms with Gasteiger partial charge in [-0.15, -0.1) is 20.4 Å². The predicted molar refractivity (Wildman–Crippen MR) is 93.7 cm³/mol. The summed E-state index contributed by atoms with van der Waals surface area (Å²) in [4.78, 5) is 15.1. The van der Waals surface area contributed by atoms with Gasteiger partial charge in [0.1, 0.15) is 11.4 Å². The highest BCUT2D eigenvalue weighted by Crippen LogP contribution is 2.28. The topological polar surface area (TPSA) is 111 Å². The van der Waals surface area contributed by atoms with E-state index in [4.69, 9.17) is 9.84 Å². The van der Waals surface area contributed by atoms with Crippen LogP contribution in [0.25, 0.3) is 22.9 Å². The van der Waals surface area contributed by atoms with Gasteiger partial charge in [0.05, 0.1) is 13.5 Å². The van der Waals surface area contributed by atoms with Crippen molar-refractivity contribution in [3.05, 3.63) is 47.2 Å². The van der Waals surface area contributed by atoms with Crippen LogP contribution in [0.1, 0.15) is 16.7 Å². The second kappa shape index (κ2) is 7.22. The van der Waals surface area contributed by atoms with Gasteiger partial charge < -0.3 is 9.84 Å². The van der Waals surface area contributed by atoms with Gasteiger partial charge in [-0.1, -0.05) is 24.3 Å². The fourth-order valence-electron chi connectivity index (χ4n) is 2.65. The average molecular weight is 351 g/mol. The molecule has 3 aromatic rings. The number of carboxylic acids is 1. The molecule has 0 bridgehead atoms. The zero-order chi connectivity index (χ0) is 18.7. The van der Waals surface area contributed by atoms with E-state index in [0.717, 1.165) is 16.9 Å². The highest BCUT2D eigenvalue weighted by molar-refractivity contribution is 5.70. The molecule has 2 heterocycles. The van der Waals surface area contributed by atoms with Crippen molar-refractivity contribution in [1.29, 1.82) is 0 Å². The number of aliphatic carboxylic acids is 1. The van der Waals surface area contributed by atoms with Gasteiger partial charge in [0, 0.05) is 22.9 Å². The molecule has 2 aromatic heterocycles. The number of nitrogens with zero attached hydrogens (tertiary/aromatic N) is 5. The lowest BCUT2D eigenvalue weighted by molar-refractivity contribution is -0.136. The van der Waals surface area contributed by atoms with Gasteiger partial charge in [0.15, 0.2) is 0 Å². The first-order chi connectivity index (χ1) is 12.5. The number of methoxy groups -OCH3 is 1. The van der Waals surface area contributed by atoms with Gasteiger partial charge in [-0.05, 0) is 19.4 Å². The van der Waals surface area contributed by atoms with Crippen LogP contribution in [0.3, 0.4) is 0 Å². The van der Waals surface area contributed by atoms with Crippen LogP contribution in [0, 0.1) is 13.8 Å². The molecule has 3 rings (SSSR count). The number of hydrogen-bond acceptors (Lipinski definition) is 7. The van der Waals surface area contributed by atoms with E-state index in [-0.39, 0.29) is 6.42 Å². The Kier molecular flexibility index (Phi) is 4.83. The lowest BCUT2D eigenvalue weighted by Gasteiger charge is -2.10. The molecule has 8 nitrogen and oxygen atoms in total. The van der Waals surface area contributed by atoms with E-state index in [1.54, 1.807) is 37.6 Å². The van der Waals surface area contributed by atoms with Gasteiger partial charge in [0.25, 0.3) is 0 Å². The number of ether oxygens (including phenoxy) is 1. The Hall–Kier alpha value is -3.42. The summed E-state index contributed by atoms with van der Waals surface area (Å²) in [5, 5.41) is 25.3. The molecule has 26 heavy (non-hydrogen) atoms. The van der Waals surface area contributed by atoms with E-state index in [9.17, 15) is 4.79 Å². The number of rotatable bonds is 5. The number of aromatic nitrogens is 5. The van der Waals surface area contributed by atoms with E-state index in [2.05, 4.69) is 25.4 Å². The first-order valence-corrected chi connectivity index (χ1v) is 7.88. The quantitative estimate of drug-likeness (QED) is 0.745. The van der Waals surface area contributed by atoms with E-state index in [0.29, 0.717) is 28.5 Å². The second-order valence-corrected chi connectivity index (χ2v) is 5.76. The largest absolute Gasteiger partial charge is 0.496 e. The molecular weight excluding hydrogens is 334 g/mol. The fourth-order valence-corrected chi connectivity index (χ4v) is 2.65. The summed E-state index contributed by atoms with van der Waals surface area (Å²) in [5.74, 6) is 0.522. The summed E-state index contributed by atoms with van der Waals surface area (Å²) in [7, 11) is 1.60. The molecule has 0 aliphatic carbocycles. The number of aryl methyl sites for hydroxylation is 1. The van der Waals surface area contributed by atoms with Crippen molar-refractivity contribution in [2.45, 2.75) is 20.3 Å². The predicted octanol–water partition coefficient (Wildman–Crippen LogP) is 2.25. The van der Waals surface area contributed by atoms with Gasteiger partial charge in [0.2, 0.25) is 11.6 Å². The monoisotopic (exact) mass is 351 g/mol. The maximum absolute atomic E-state index is 10.7. The zero-order valence-corrected chi connectivity index (χ0v) is 14.6. The summed E-state index contributed by atoms with van der Waals surface area (Å²) in [5.41, 5.74) is 3.72. The number of hydrogen-bond donors (Lipinski definition) is 1. The molecule has 0 saturated heterocycles. The normalized spacial score (nSPS) is 10.6. The highest BCUT2D eigenvalue weighted by Gasteiger charge is 2.15. The van der Waals surface area contributed by atoms with Crippen LogP contribution < -0.4 is 4.74 Å². The summed E-state index contributed by atoms with van der Waals surface area (Å²) < 4.78 is 5.39. The maximum Gasteiger partial charge on any atom is 0.307 e. The molecule has 1 aromatic carbocycles. The minimum Gasteiger partial charge on any atom is -0.496 e. The van der Waals surface area contributed by atoms with Gasteiger partial charge in [-0.2, -0.15) is 0 Å². The molecule has 0 amide bonds. The van der Waals surface area contributed by atoms with Crippen LogP contribution in [0.15, 0.2) is 30.5 Å². The van der Waals surface area contributed by atoms with Crippen molar-refractivity contribution in [3.8, 4) is 28.7 Å². The van der Waals surface area contributed by atoms with Crippen LogP contribution >= 0.6 is 0 Å². The third-order valence-corrected chi connectivity index (χ3v) is 3.90. The van der Waals surface area contributed by atoms with Gasteiger partial charge in [-0.25, -0.2) is 0 Å². The summed E-state index contributed by atoms with van der Waals surface area (Å²) in [6.07, 6.45) is 1.66. The van der Waals surface area contributed by atoms with Crippen LogP contribution in [-0.2, 0) is 11.2 Å². The molecule has 132 valence electrons. The summed E-state index contributed by atoms with van der Waals surface area (Å²) in [6.45, 7) is 3.80. The lowest BCUT2D eigenvalue weighted by Crippen LogP contribution is -2.04. The van der Waals surface area contributed by atoms with Crippen molar-refractivity contribution in [1.82, 2.24) is 25.4 Å². The number of carboxylic acid groups (broad SMARTS) is 1. The van der Waals surface area contributed by atoms with Crippen LogP contribution in [0.4, 0.5) is 0 Å². The Morgan fingerprint density at radius 3 is 2.23 bits per heavy atom. The van der Waals surface area contributed by atoms with E-state index >= 15 is 0 Å². The Morgan fingerprint density at radius 1 is 1.04 bits per heavy atom. The van der Waals surface area contributed by atoms with Crippen molar-refractivity contribution in [2.24, 2.45) is 0 Å². The molecule has 0 aliphatic rings. The van der Waals surface area contributed by atoms with Gasteiger partial charge in [-0.3, -0.25) is 9.78 Å². The first-order valence-electron chi connectivity index (χ1n) is 7.88. The van der Waals surface area contributed by atoms with E-state index in [1.807, 2.05) is 13.8 Å². The number of carbonyl (C=O) groups is 1. The molecule has 8 heteroatoms. The third kappa shape index (κ3) is 3.49. The Bertz CT molecular complexity index is 940. The molecule has 0 saturated carbocycles. The van der Waals surface area contributed by atoms with Gasteiger partial charge >= 0.3 is 5.97 Å². The third-order valence-electron chi connectivity index (χ3n) is 3.90. The molecule has 0 fully saturated rings. The van der Waals surface area contributed by atoms with Crippen molar-refractivity contribution < 1.29 is 14.6 Å². The Morgan fingerprint density at radius 2 is 1.65 bits per heavy atom. The zero-order valence-electron chi connectivity index (χ0n) is 14.6. The maximum atomic E-state index is 10.7. The van der Waals surface area contributed by atoms with Crippen LogP contribution in [-0.4, -0.2) is 43.6 Å². The molecule has 1 N–H and O–H groups in total. The van der Waals surface area contributed by atoms with Crippen molar-refractivity contribution in [3.63, 3.8) is 0 Å². The Labute approximate surface area is 149 Å². The first kappa shape index (κ1) is 17.4. The van der Waals surface area contributed by atoms with E-state index < -0.39 is 5.97 Å². The summed E-state index contributed by atoms with van der Waals surface area (Å²) >= 11 is 0.